The summed E-state index contributed by atoms with van der Waals surface area (Å²) >= 11 is 0. The van der Waals surface area contributed by atoms with Crippen LogP contribution >= 0.6 is 0 Å². The van der Waals surface area contributed by atoms with Gasteiger partial charge in [-0.25, -0.2) is 4.79 Å². The van der Waals surface area contributed by atoms with Crippen molar-refractivity contribution in [3.05, 3.63) is 20.8 Å². The van der Waals surface area contributed by atoms with Gasteiger partial charge in [-0.2, -0.15) is 13.2 Å². The molecule has 0 saturated carbocycles. The van der Waals surface area contributed by atoms with E-state index >= 15 is 0 Å². The fourth-order valence-electron chi connectivity index (χ4n) is 1.49. The second-order valence-corrected chi connectivity index (χ2v) is 3.99. The molecule has 0 fully saturated rings. The molecule has 0 aromatic carbocycles. The Morgan fingerprint density at radius 2 is 2.00 bits per heavy atom. The zero-order chi connectivity index (χ0) is 14.6. The summed E-state index contributed by atoms with van der Waals surface area (Å²) in [5, 5.41) is 1.91. The maximum Gasteiger partial charge on any atom is 0.405 e. The molecule has 0 aliphatic rings. The van der Waals surface area contributed by atoms with Crippen LogP contribution in [-0.4, -0.2) is 22.3 Å². The van der Waals surface area contributed by atoms with Crippen molar-refractivity contribution < 1.29 is 13.2 Å². The molecule has 4 N–H and O–H groups in total. The number of aromatic nitrogens is 2. The van der Waals surface area contributed by atoms with E-state index in [2.05, 4.69) is 0 Å². The second kappa shape index (κ2) is 5.81. The van der Waals surface area contributed by atoms with Gasteiger partial charge in [-0.15, -0.1) is 0 Å². The minimum Gasteiger partial charge on any atom is -0.383 e. The van der Waals surface area contributed by atoms with E-state index < -0.39 is 29.7 Å². The van der Waals surface area contributed by atoms with Crippen molar-refractivity contribution in [2.75, 3.05) is 17.6 Å². The van der Waals surface area contributed by atoms with Gasteiger partial charge in [-0.3, -0.25) is 14.3 Å². The number of nitrogens with one attached hydrogen (secondary N) is 2. The maximum atomic E-state index is 12.1. The van der Waals surface area contributed by atoms with Gasteiger partial charge in [0.15, 0.2) is 0 Å². The number of aromatic amines is 1. The second-order valence-electron chi connectivity index (χ2n) is 3.99. The Morgan fingerprint density at radius 3 is 2.53 bits per heavy atom. The summed E-state index contributed by atoms with van der Waals surface area (Å²) in [6.45, 7) is 0.723. The van der Waals surface area contributed by atoms with Gasteiger partial charge in [-0.1, -0.05) is 13.3 Å². The van der Waals surface area contributed by atoms with E-state index in [-0.39, 0.29) is 12.4 Å². The number of halogens is 3. The summed E-state index contributed by atoms with van der Waals surface area (Å²) < 4.78 is 37.4. The molecule has 19 heavy (non-hydrogen) atoms. The molecule has 1 aromatic heterocycles. The first-order chi connectivity index (χ1) is 8.76. The van der Waals surface area contributed by atoms with Crippen LogP contribution in [0.4, 0.5) is 24.7 Å². The molecule has 1 aromatic rings. The normalized spacial score (nSPS) is 11.6. The predicted octanol–water partition coefficient (Wildman–Crippen LogP) is 0.893. The van der Waals surface area contributed by atoms with Crippen LogP contribution in [-0.2, 0) is 6.54 Å². The van der Waals surface area contributed by atoms with E-state index in [0.29, 0.717) is 6.42 Å². The molecular formula is C10H15F3N4O2. The molecule has 0 aliphatic heterocycles. The summed E-state index contributed by atoms with van der Waals surface area (Å²) in [4.78, 5) is 24.9. The van der Waals surface area contributed by atoms with Crippen molar-refractivity contribution in [2.24, 2.45) is 0 Å². The van der Waals surface area contributed by atoms with Crippen LogP contribution in [0.2, 0.25) is 0 Å². The van der Waals surface area contributed by atoms with E-state index in [1.807, 2.05) is 17.2 Å². The summed E-state index contributed by atoms with van der Waals surface area (Å²) in [6, 6.07) is 0. The highest BCUT2D eigenvalue weighted by Gasteiger charge is 2.28. The van der Waals surface area contributed by atoms with Gasteiger partial charge in [0, 0.05) is 6.54 Å². The zero-order valence-corrected chi connectivity index (χ0v) is 10.3. The number of hydrogen-bond acceptors (Lipinski definition) is 4. The van der Waals surface area contributed by atoms with Crippen LogP contribution in [0.15, 0.2) is 9.59 Å². The number of alkyl halides is 3. The fourth-order valence-corrected chi connectivity index (χ4v) is 1.49. The number of nitrogens with zero attached hydrogens (tertiary/aromatic N) is 1. The summed E-state index contributed by atoms with van der Waals surface area (Å²) in [5.41, 5.74) is 3.44. The van der Waals surface area contributed by atoms with E-state index in [9.17, 15) is 22.8 Å². The number of anilines is 2. The first-order valence-corrected chi connectivity index (χ1v) is 5.69. The lowest BCUT2D eigenvalue weighted by atomic mass is 10.3. The van der Waals surface area contributed by atoms with Crippen molar-refractivity contribution in [1.29, 1.82) is 0 Å². The Labute approximate surface area is 106 Å². The molecule has 9 heteroatoms. The first kappa shape index (κ1) is 15.1. The molecule has 0 amide bonds. The summed E-state index contributed by atoms with van der Waals surface area (Å²) in [6.07, 6.45) is -3.09. The molecule has 0 radical (unpaired) electrons. The van der Waals surface area contributed by atoms with Gasteiger partial charge in [0.2, 0.25) is 0 Å². The number of nitrogen functional groups attached to an aromatic ring is 1. The lowest BCUT2D eigenvalue weighted by molar-refractivity contribution is -0.115. The van der Waals surface area contributed by atoms with Gasteiger partial charge in [0.05, 0.1) is 0 Å². The Balaban J connectivity index is 3.10. The van der Waals surface area contributed by atoms with Crippen LogP contribution in [0.5, 0.6) is 0 Å². The molecular weight excluding hydrogens is 265 g/mol. The van der Waals surface area contributed by atoms with Crippen molar-refractivity contribution in [3.63, 3.8) is 0 Å². The third-order valence-corrected chi connectivity index (χ3v) is 2.44. The quantitative estimate of drug-likeness (QED) is 0.747. The molecule has 1 rings (SSSR count). The largest absolute Gasteiger partial charge is 0.405 e. The summed E-state index contributed by atoms with van der Waals surface area (Å²) in [5.74, 6) is -0.286. The van der Waals surface area contributed by atoms with Crippen molar-refractivity contribution in [2.45, 2.75) is 32.5 Å². The van der Waals surface area contributed by atoms with Crippen LogP contribution in [0.3, 0.4) is 0 Å². The SMILES string of the molecule is CCCCn1c(N)c(NCC(F)(F)F)c(=O)[nH]c1=O. The number of nitrogens with two attached hydrogens (primary N) is 1. The van der Waals surface area contributed by atoms with Crippen LogP contribution in [0.1, 0.15) is 19.8 Å². The average Bonchev–Trinajstić information content (AvgIpc) is 2.26. The minimum atomic E-state index is -4.48. The Bertz CT molecular complexity index is 547. The lowest BCUT2D eigenvalue weighted by Crippen LogP contribution is -2.35. The number of H-pyrrole nitrogens is 1. The van der Waals surface area contributed by atoms with Gasteiger partial charge in [-0.05, 0) is 6.42 Å². The number of unbranched alkanes of at least 4 members (excludes halogenated alkanes) is 1. The van der Waals surface area contributed by atoms with E-state index in [1.54, 1.807) is 0 Å². The van der Waals surface area contributed by atoms with Gasteiger partial charge in [0.1, 0.15) is 18.1 Å². The highest BCUT2D eigenvalue weighted by molar-refractivity contribution is 5.60. The smallest absolute Gasteiger partial charge is 0.383 e. The molecule has 0 aliphatic carbocycles. The standard InChI is InChI=1S/C10H15F3N4O2/c1-2-3-4-17-7(14)6(8(18)16-9(17)19)15-5-10(11,12)13/h15H,2-5,14H2,1H3,(H,16,18,19). The number of hydrogen-bond donors (Lipinski definition) is 3. The third-order valence-electron chi connectivity index (χ3n) is 2.44. The Morgan fingerprint density at radius 1 is 1.37 bits per heavy atom. The Hall–Kier alpha value is -1.93. The average molecular weight is 280 g/mol. The van der Waals surface area contributed by atoms with Gasteiger partial charge in [0.25, 0.3) is 5.56 Å². The first-order valence-electron chi connectivity index (χ1n) is 5.69. The molecule has 0 saturated heterocycles. The van der Waals surface area contributed by atoms with Crippen LogP contribution in [0.25, 0.3) is 0 Å². The van der Waals surface area contributed by atoms with E-state index in [1.165, 1.54) is 0 Å². The van der Waals surface area contributed by atoms with Crippen LogP contribution < -0.4 is 22.3 Å². The van der Waals surface area contributed by atoms with Crippen LogP contribution in [0, 0.1) is 0 Å². The highest BCUT2D eigenvalue weighted by Crippen LogP contribution is 2.17. The van der Waals surface area contributed by atoms with Crippen molar-refractivity contribution in [3.8, 4) is 0 Å². The highest BCUT2D eigenvalue weighted by atomic mass is 19.4. The molecule has 0 unspecified atom stereocenters. The predicted molar refractivity (Wildman–Crippen MR) is 65.2 cm³/mol. The summed E-state index contributed by atoms with van der Waals surface area (Å²) in [7, 11) is 0. The molecule has 6 nitrogen and oxygen atoms in total. The fraction of sp³-hybridized carbons (Fsp3) is 0.600. The zero-order valence-electron chi connectivity index (χ0n) is 10.3. The maximum absolute atomic E-state index is 12.1. The van der Waals surface area contributed by atoms with Gasteiger partial charge < -0.3 is 11.1 Å². The third kappa shape index (κ3) is 4.04. The molecule has 0 atom stereocenters. The molecule has 108 valence electrons. The Kier molecular flexibility index (Phi) is 4.62. The molecule has 0 spiro atoms. The van der Waals surface area contributed by atoms with E-state index in [4.69, 9.17) is 5.73 Å². The number of rotatable bonds is 5. The van der Waals surface area contributed by atoms with Gasteiger partial charge >= 0.3 is 11.9 Å². The molecule has 0 bridgehead atoms. The van der Waals surface area contributed by atoms with Crippen molar-refractivity contribution in [1.82, 2.24) is 9.55 Å². The monoisotopic (exact) mass is 280 g/mol. The minimum absolute atomic E-state index is 0.235. The topological polar surface area (TPSA) is 92.9 Å². The molecule has 1 heterocycles. The van der Waals surface area contributed by atoms with E-state index in [0.717, 1.165) is 11.0 Å². The van der Waals surface area contributed by atoms with Crippen molar-refractivity contribution >= 4 is 11.5 Å². The lowest BCUT2D eigenvalue weighted by Gasteiger charge is -2.14.